The molecular weight excluding hydrogens is 286 g/mol. The summed E-state index contributed by atoms with van der Waals surface area (Å²) in [5.74, 6) is 0.273. The van der Waals surface area contributed by atoms with E-state index in [9.17, 15) is 4.79 Å². The third-order valence-corrected chi connectivity index (χ3v) is 4.32. The van der Waals surface area contributed by atoms with Crippen LogP contribution in [0, 0.1) is 0 Å². The van der Waals surface area contributed by atoms with Crippen LogP contribution in [0.2, 0.25) is 0 Å². The molecular formula is C19H23N3O. The van der Waals surface area contributed by atoms with Gasteiger partial charge in [-0.15, -0.1) is 0 Å². The van der Waals surface area contributed by atoms with Gasteiger partial charge in [0, 0.05) is 51.5 Å². The van der Waals surface area contributed by atoms with Crippen molar-refractivity contribution in [3.05, 3.63) is 66.0 Å². The molecule has 0 saturated carbocycles. The monoisotopic (exact) mass is 309 g/mol. The lowest BCUT2D eigenvalue weighted by atomic mass is 10.1. The Morgan fingerprint density at radius 1 is 0.957 bits per heavy atom. The third kappa shape index (κ3) is 4.63. The van der Waals surface area contributed by atoms with Gasteiger partial charge in [-0.25, -0.2) is 0 Å². The van der Waals surface area contributed by atoms with E-state index in [1.807, 2.05) is 35.4 Å². The fourth-order valence-corrected chi connectivity index (χ4v) is 2.96. The highest BCUT2D eigenvalue weighted by molar-refractivity contribution is 5.76. The molecule has 1 aliphatic rings. The van der Waals surface area contributed by atoms with Crippen molar-refractivity contribution in [2.45, 2.75) is 19.4 Å². The predicted molar refractivity (Wildman–Crippen MR) is 90.9 cm³/mol. The molecule has 3 rings (SSSR count). The Bertz CT molecular complexity index is 607. The maximum atomic E-state index is 12.3. The van der Waals surface area contributed by atoms with Crippen LogP contribution in [0.1, 0.15) is 17.5 Å². The van der Waals surface area contributed by atoms with Crippen molar-refractivity contribution in [3.8, 4) is 0 Å². The Hall–Kier alpha value is -2.20. The van der Waals surface area contributed by atoms with Crippen LogP contribution in [-0.4, -0.2) is 46.9 Å². The van der Waals surface area contributed by atoms with Crippen molar-refractivity contribution in [2.24, 2.45) is 0 Å². The number of piperazine rings is 1. The number of nitrogens with zero attached hydrogens (tertiary/aromatic N) is 3. The van der Waals surface area contributed by atoms with Gasteiger partial charge in [0.05, 0.1) is 0 Å². The molecule has 2 heterocycles. The van der Waals surface area contributed by atoms with Crippen LogP contribution in [0.15, 0.2) is 54.9 Å². The van der Waals surface area contributed by atoms with E-state index in [1.54, 1.807) is 6.20 Å². The van der Waals surface area contributed by atoms with Crippen molar-refractivity contribution in [1.82, 2.24) is 14.8 Å². The van der Waals surface area contributed by atoms with Gasteiger partial charge in [0.1, 0.15) is 0 Å². The van der Waals surface area contributed by atoms with E-state index >= 15 is 0 Å². The number of amides is 1. The van der Waals surface area contributed by atoms with E-state index in [2.05, 4.69) is 28.1 Å². The van der Waals surface area contributed by atoms with Crippen LogP contribution in [0.25, 0.3) is 0 Å². The number of pyridine rings is 1. The highest BCUT2D eigenvalue weighted by Gasteiger charge is 2.20. The average Bonchev–Trinajstić information content (AvgIpc) is 2.62. The molecule has 1 saturated heterocycles. The molecule has 23 heavy (non-hydrogen) atoms. The van der Waals surface area contributed by atoms with Crippen molar-refractivity contribution in [2.75, 3.05) is 26.2 Å². The number of hydrogen-bond donors (Lipinski definition) is 0. The van der Waals surface area contributed by atoms with E-state index in [0.29, 0.717) is 6.42 Å². The molecule has 120 valence electrons. The maximum Gasteiger partial charge on any atom is 0.222 e. The molecule has 1 aromatic heterocycles. The lowest BCUT2D eigenvalue weighted by molar-refractivity contribution is -0.133. The van der Waals surface area contributed by atoms with Gasteiger partial charge in [-0.05, 0) is 23.6 Å². The largest absolute Gasteiger partial charge is 0.340 e. The second kappa shape index (κ2) is 7.88. The Balaban J connectivity index is 1.42. The van der Waals surface area contributed by atoms with Crippen LogP contribution in [0.3, 0.4) is 0 Å². The molecule has 0 atom stereocenters. The molecule has 0 bridgehead atoms. The fraction of sp³-hybridized carbons (Fsp3) is 0.368. The Morgan fingerprint density at radius 3 is 2.39 bits per heavy atom. The smallest absolute Gasteiger partial charge is 0.222 e. The number of aryl methyl sites for hydroxylation is 1. The number of aromatic nitrogens is 1. The first-order valence-electron chi connectivity index (χ1n) is 8.24. The quantitative estimate of drug-likeness (QED) is 0.851. The molecule has 1 fully saturated rings. The number of rotatable bonds is 5. The molecule has 4 nitrogen and oxygen atoms in total. The highest BCUT2D eigenvalue weighted by Crippen LogP contribution is 2.10. The molecule has 0 spiro atoms. The number of carbonyl (C=O) groups excluding carboxylic acids is 1. The van der Waals surface area contributed by atoms with E-state index < -0.39 is 0 Å². The van der Waals surface area contributed by atoms with Gasteiger partial charge >= 0.3 is 0 Å². The summed E-state index contributed by atoms with van der Waals surface area (Å²) in [4.78, 5) is 20.9. The molecule has 4 heteroatoms. The summed E-state index contributed by atoms with van der Waals surface area (Å²) in [7, 11) is 0. The minimum Gasteiger partial charge on any atom is -0.340 e. The van der Waals surface area contributed by atoms with E-state index in [1.165, 1.54) is 11.1 Å². The maximum absolute atomic E-state index is 12.3. The Labute approximate surface area is 137 Å². The minimum atomic E-state index is 0.273. The number of hydrogen-bond acceptors (Lipinski definition) is 3. The SMILES string of the molecule is O=C(CCc1ccccc1)N1CCN(Cc2cccnc2)CC1. The summed E-state index contributed by atoms with van der Waals surface area (Å²) in [6.07, 6.45) is 5.15. The van der Waals surface area contributed by atoms with Gasteiger partial charge in [-0.2, -0.15) is 0 Å². The van der Waals surface area contributed by atoms with Crippen LogP contribution in [0.5, 0.6) is 0 Å². The average molecular weight is 309 g/mol. The van der Waals surface area contributed by atoms with Crippen molar-refractivity contribution >= 4 is 5.91 Å². The molecule has 0 aliphatic carbocycles. The molecule has 0 N–H and O–H groups in total. The van der Waals surface area contributed by atoms with Crippen LogP contribution >= 0.6 is 0 Å². The molecule has 1 aliphatic heterocycles. The van der Waals surface area contributed by atoms with Gasteiger partial charge in [-0.1, -0.05) is 36.4 Å². The zero-order valence-electron chi connectivity index (χ0n) is 13.4. The lowest BCUT2D eigenvalue weighted by Gasteiger charge is -2.34. The second-order valence-corrected chi connectivity index (χ2v) is 6.00. The highest BCUT2D eigenvalue weighted by atomic mass is 16.2. The van der Waals surface area contributed by atoms with Gasteiger partial charge in [0.25, 0.3) is 0 Å². The van der Waals surface area contributed by atoms with Crippen molar-refractivity contribution in [3.63, 3.8) is 0 Å². The summed E-state index contributed by atoms with van der Waals surface area (Å²) >= 11 is 0. The second-order valence-electron chi connectivity index (χ2n) is 6.00. The Morgan fingerprint density at radius 2 is 1.70 bits per heavy atom. The van der Waals surface area contributed by atoms with Crippen molar-refractivity contribution < 1.29 is 4.79 Å². The zero-order valence-corrected chi connectivity index (χ0v) is 13.4. The standard InChI is InChI=1S/C19H23N3O/c23-19(9-8-17-5-2-1-3-6-17)22-13-11-21(12-14-22)16-18-7-4-10-20-15-18/h1-7,10,15H,8-9,11-14,16H2. The summed E-state index contributed by atoms with van der Waals surface area (Å²) < 4.78 is 0. The van der Waals surface area contributed by atoms with Crippen LogP contribution < -0.4 is 0 Å². The first kappa shape index (κ1) is 15.7. The molecule has 2 aromatic rings. The normalized spacial score (nSPS) is 15.6. The zero-order chi connectivity index (χ0) is 15.9. The summed E-state index contributed by atoms with van der Waals surface area (Å²) in [6.45, 7) is 4.44. The first-order chi connectivity index (χ1) is 11.3. The topological polar surface area (TPSA) is 36.4 Å². The first-order valence-corrected chi connectivity index (χ1v) is 8.24. The summed E-state index contributed by atoms with van der Waals surface area (Å²) in [6, 6.07) is 14.3. The van der Waals surface area contributed by atoms with Crippen molar-refractivity contribution in [1.29, 1.82) is 0 Å². The van der Waals surface area contributed by atoms with Gasteiger partial charge < -0.3 is 4.90 Å². The van der Waals surface area contributed by atoms with Crippen LogP contribution in [0.4, 0.5) is 0 Å². The van der Waals surface area contributed by atoms with E-state index in [-0.39, 0.29) is 5.91 Å². The molecule has 1 amide bonds. The molecule has 1 aromatic carbocycles. The predicted octanol–water partition coefficient (Wildman–Crippen LogP) is 2.36. The fourth-order valence-electron chi connectivity index (χ4n) is 2.96. The van der Waals surface area contributed by atoms with Gasteiger partial charge in [-0.3, -0.25) is 14.7 Å². The van der Waals surface area contributed by atoms with Gasteiger partial charge in [0.2, 0.25) is 5.91 Å². The lowest BCUT2D eigenvalue weighted by Crippen LogP contribution is -2.48. The Kier molecular flexibility index (Phi) is 5.37. The molecule has 0 radical (unpaired) electrons. The van der Waals surface area contributed by atoms with E-state index in [4.69, 9.17) is 0 Å². The van der Waals surface area contributed by atoms with E-state index in [0.717, 1.165) is 39.1 Å². The third-order valence-electron chi connectivity index (χ3n) is 4.32. The summed E-state index contributed by atoms with van der Waals surface area (Å²) in [5.41, 5.74) is 2.47. The number of benzene rings is 1. The molecule has 0 unspecified atom stereocenters. The summed E-state index contributed by atoms with van der Waals surface area (Å²) in [5, 5.41) is 0. The van der Waals surface area contributed by atoms with Crippen LogP contribution in [-0.2, 0) is 17.8 Å². The number of carbonyl (C=O) groups is 1. The van der Waals surface area contributed by atoms with Gasteiger partial charge in [0.15, 0.2) is 0 Å². The minimum absolute atomic E-state index is 0.273.